The first-order valence-electron chi connectivity index (χ1n) is 10.2. The first-order chi connectivity index (χ1) is 15.1. The first kappa shape index (κ1) is 23.3. The first-order valence-corrected chi connectivity index (χ1v) is 11.7. The molecule has 0 atom stereocenters. The van der Waals surface area contributed by atoms with E-state index in [4.69, 9.17) is 4.74 Å². The number of benzene rings is 3. The molecule has 32 heavy (non-hydrogen) atoms. The van der Waals surface area contributed by atoms with E-state index in [0.717, 1.165) is 26.6 Å². The van der Waals surface area contributed by atoms with Crippen molar-refractivity contribution < 1.29 is 17.9 Å². The minimum absolute atomic E-state index is 0.120. The van der Waals surface area contributed by atoms with Crippen molar-refractivity contribution in [1.29, 1.82) is 0 Å². The molecule has 0 aliphatic heterocycles. The van der Waals surface area contributed by atoms with E-state index in [9.17, 15) is 13.2 Å². The maximum absolute atomic E-state index is 13.5. The zero-order valence-electron chi connectivity index (χ0n) is 19.0. The van der Waals surface area contributed by atoms with Gasteiger partial charge in [0.2, 0.25) is 5.91 Å². The number of ether oxygens (including phenoxy) is 1. The predicted octanol–water partition coefficient (Wildman–Crippen LogP) is 4.76. The summed E-state index contributed by atoms with van der Waals surface area (Å²) >= 11 is 0. The normalized spacial score (nSPS) is 11.2. The molecule has 0 aliphatic carbocycles. The molecule has 0 heterocycles. The van der Waals surface area contributed by atoms with Crippen LogP contribution in [0.4, 0.5) is 11.4 Å². The summed E-state index contributed by atoms with van der Waals surface area (Å²) in [6, 6.07) is 17.1. The second kappa shape index (κ2) is 9.44. The molecule has 0 radical (unpaired) electrons. The fourth-order valence-electron chi connectivity index (χ4n) is 3.59. The van der Waals surface area contributed by atoms with Crippen molar-refractivity contribution in [3.63, 3.8) is 0 Å². The summed E-state index contributed by atoms with van der Waals surface area (Å²) in [7, 11) is -2.44. The largest absolute Gasteiger partial charge is 0.497 e. The van der Waals surface area contributed by atoms with Crippen LogP contribution in [0.5, 0.6) is 5.75 Å². The summed E-state index contributed by atoms with van der Waals surface area (Å²) < 4.78 is 33.3. The molecule has 0 bridgehead atoms. The third-order valence-electron chi connectivity index (χ3n) is 5.20. The van der Waals surface area contributed by atoms with E-state index in [1.807, 2.05) is 39.8 Å². The fraction of sp³-hybridized carbons (Fsp3) is 0.240. The van der Waals surface area contributed by atoms with Crippen LogP contribution in [0.15, 0.2) is 65.6 Å². The highest BCUT2D eigenvalue weighted by molar-refractivity contribution is 7.92. The number of sulfonamides is 1. The van der Waals surface area contributed by atoms with E-state index < -0.39 is 15.9 Å². The van der Waals surface area contributed by atoms with Gasteiger partial charge < -0.3 is 10.1 Å². The second-order valence-electron chi connectivity index (χ2n) is 7.84. The lowest BCUT2D eigenvalue weighted by Crippen LogP contribution is -2.38. The number of anilines is 2. The quantitative estimate of drug-likeness (QED) is 0.561. The van der Waals surface area contributed by atoms with Gasteiger partial charge in [0.1, 0.15) is 12.3 Å². The lowest BCUT2D eigenvalue weighted by Gasteiger charge is -2.25. The molecule has 0 fully saturated rings. The topological polar surface area (TPSA) is 75.7 Å². The lowest BCUT2D eigenvalue weighted by atomic mass is 10.1. The summed E-state index contributed by atoms with van der Waals surface area (Å²) in [5.41, 5.74) is 4.96. The Labute approximate surface area is 189 Å². The molecule has 0 spiro atoms. The van der Waals surface area contributed by atoms with Crippen molar-refractivity contribution in [2.24, 2.45) is 0 Å². The number of methoxy groups -OCH3 is 1. The van der Waals surface area contributed by atoms with Crippen molar-refractivity contribution in [3.05, 3.63) is 82.9 Å². The molecule has 0 unspecified atom stereocenters. The van der Waals surface area contributed by atoms with Gasteiger partial charge in [0.05, 0.1) is 17.7 Å². The number of hydrogen-bond acceptors (Lipinski definition) is 4. The summed E-state index contributed by atoms with van der Waals surface area (Å²) in [5, 5.41) is 2.89. The highest BCUT2D eigenvalue weighted by Gasteiger charge is 2.27. The van der Waals surface area contributed by atoms with Gasteiger partial charge in [-0.05, 0) is 75.2 Å². The Morgan fingerprint density at radius 3 is 1.97 bits per heavy atom. The van der Waals surface area contributed by atoms with Gasteiger partial charge in [0.15, 0.2) is 0 Å². The summed E-state index contributed by atoms with van der Waals surface area (Å²) in [5.74, 6) is 0.170. The average molecular weight is 453 g/mol. The number of carbonyl (C=O) groups is 1. The van der Waals surface area contributed by atoms with Gasteiger partial charge in [-0.15, -0.1) is 0 Å². The predicted molar refractivity (Wildman–Crippen MR) is 128 cm³/mol. The third-order valence-corrected chi connectivity index (χ3v) is 6.99. The van der Waals surface area contributed by atoms with Crippen LogP contribution in [0.25, 0.3) is 0 Å². The molecule has 7 heteroatoms. The molecular weight excluding hydrogens is 424 g/mol. The maximum atomic E-state index is 13.5. The van der Waals surface area contributed by atoms with Crippen molar-refractivity contribution >= 4 is 27.3 Å². The molecule has 3 rings (SSSR count). The van der Waals surface area contributed by atoms with Crippen LogP contribution in [0.3, 0.4) is 0 Å². The van der Waals surface area contributed by atoms with Crippen molar-refractivity contribution in [1.82, 2.24) is 0 Å². The Morgan fingerprint density at radius 2 is 1.44 bits per heavy atom. The molecule has 0 saturated carbocycles. The summed E-state index contributed by atoms with van der Waals surface area (Å²) in [6.07, 6.45) is 0. The molecule has 1 amide bonds. The van der Waals surface area contributed by atoms with E-state index in [2.05, 4.69) is 5.32 Å². The Kier molecular flexibility index (Phi) is 6.89. The lowest BCUT2D eigenvalue weighted by molar-refractivity contribution is -0.114. The number of nitrogens with one attached hydrogen (secondary N) is 1. The second-order valence-corrected chi connectivity index (χ2v) is 9.71. The smallest absolute Gasteiger partial charge is 0.264 e. The minimum atomic E-state index is -3.97. The molecule has 3 aromatic rings. The molecule has 0 aromatic heterocycles. The third kappa shape index (κ3) is 5.11. The van der Waals surface area contributed by atoms with Crippen molar-refractivity contribution in [2.45, 2.75) is 32.6 Å². The highest BCUT2D eigenvalue weighted by atomic mass is 32.2. The number of rotatable bonds is 7. The van der Waals surface area contributed by atoms with Gasteiger partial charge in [0, 0.05) is 5.69 Å². The van der Waals surface area contributed by atoms with Crippen molar-refractivity contribution in [2.75, 3.05) is 23.3 Å². The number of nitrogens with zero attached hydrogens (tertiary/aromatic N) is 1. The number of aryl methyl sites for hydroxylation is 4. The number of amides is 1. The average Bonchev–Trinajstić information content (AvgIpc) is 2.75. The van der Waals surface area contributed by atoms with Crippen LogP contribution in [-0.2, 0) is 14.8 Å². The van der Waals surface area contributed by atoms with Crippen LogP contribution in [0, 0.1) is 27.7 Å². The van der Waals surface area contributed by atoms with Crippen LogP contribution in [0.1, 0.15) is 22.3 Å². The monoisotopic (exact) mass is 452 g/mol. The van der Waals surface area contributed by atoms with Gasteiger partial charge in [-0.3, -0.25) is 9.10 Å². The summed E-state index contributed by atoms with van der Waals surface area (Å²) in [6.45, 7) is 7.34. The molecule has 6 nitrogen and oxygen atoms in total. The van der Waals surface area contributed by atoms with Crippen LogP contribution >= 0.6 is 0 Å². The van der Waals surface area contributed by atoms with E-state index in [-0.39, 0.29) is 11.4 Å². The number of hydrogen-bond donors (Lipinski definition) is 1. The standard InChI is InChI=1S/C25H28N2O4S/c1-17-6-12-23(13-7-17)32(29,30)27(21-8-10-22(31-5)11-9-21)16-24(28)26-25-19(3)14-18(2)15-20(25)4/h6-15H,16H2,1-5H3,(H,26,28). The van der Waals surface area contributed by atoms with E-state index in [0.29, 0.717) is 17.1 Å². The minimum Gasteiger partial charge on any atom is -0.497 e. The molecule has 0 aliphatic rings. The maximum Gasteiger partial charge on any atom is 0.264 e. The fourth-order valence-corrected chi connectivity index (χ4v) is 5.01. The molecule has 168 valence electrons. The van der Waals surface area contributed by atoms with Crippen LogP contribution in [-0.4, -0.2) is 28.0 Å². The van der Waals surface area contributed by atoms with Gasteiger partial charge in [0.25, 0.3) is 10.0 Å². The zero-order valence-corrected chi connectivity index (χ0v) is 19.8. The van der Waals surface area contributed by atoms with E-state index in [1.54, 1.807) is 48.5 Å². The Hall–Kier alpha value is -3.32. The highest BCUT2D eigenvalue weighted by Crippen LogP contribution is 2.27. The van der Waals surface area contributed by atoms with Gasteiger partial charge >= 0.3 is 0 Å². The van der Waals surface area contributed by atoms with Crippen LogP contribution < -0.4 is 14.4 Å². The van der Waals surface area contributed by atoms with Gasteiger partial charge in [-0.1, -0.05) is 35.4 Å². The summed E-state index contributed by atoms with van der Waals surface area (Å²) in [4.78, 5) is 13.1. The Bertz CT molecular complexity index is 1190. The Morgan fingerprint density at radius 1 is 0.875 bits per heavy atom. The number of carbonyl (C=O) groups excluding carboxylic acids is 1. The van der Waals surface area contributed by atoms with Gasteiger partial charge in [-0.25, -0.2) is 8.42 Å². The van der Waals surface area contributed by atoms with Crippen LogP contribution in [0.2, 0.25) is 0 Å². The molecule has 3 aromatic carbocycles. The zero-order chi connectivity index (χ0) is 23.5. The molecule has 0 saturated heterocycles. The van der Waals surface area contributed by atoms with Gasteiger partial charge in [-0.2, -0.15) is 0 Å². The van der Waals surface area contributed by atoms with Crippen molar-refractivity contribution in [3.8, 4) is 5.75 Å². The van der Waals surface area contributed by atoms with E-state index >= 15 is 0 Å². The molecule has 1 N–H and O–H groups in total. The SMILES string of the molecule is COc1ccc(N(CC(=O)Nc2c(C)cc(C)cc2C)S(=O)(=O)c2ccc(C)cc2)cc1. The Balaban J connectivity index is 1.97. The molecular formula is C25H28N2O4S. The van der Waals surface area contributed by atoms with E-state index in [1.165, 1.54) is 7.11 Å².